The molecular formula is C49H29N3O. The monoisotopic (exact) mass is 675 g/mol. The third-order valence-electron chi connectivity index (χ3n) is 10.4. The van der Waals surface area contributed by atoms with Crippen molar-refractivity contribution in [2.24, 2.45) is 0 Å². The van der Waals surface area contributed by atoms with Gasteiger partial charge in [-0.1, -0.05) is 146 Å². The lowest BCUT2D eigenvalue weighted by Gasteiger charge is -2.11. The molecule has 0 spiro atoms. The van der Waals surface area contributed by atoms with Crippen LogP contribution in [-0.4, -0.2) is 15.0 Å². The Hall–Kier alpha value is -7.17. The molecule has 2 aromatic heterocycles. The molecule has 0 fully saturated rings. The van der Waals surface area contributed by atoms with Gasteiger partial charge in [-0.25, -0.2) is 15.0 Å². The second-order valence-corrected chi connectivity index (χ2v) is 13.7. The number of aromatic nitrogens is 3. The largest absolute Gasteiger partial charge is 0.455 e. The van der Waals surface area contributed by atoms with Gasteiger partial charge in [0.25, 0.3) is 0 Å². The van der Waals surface area contributed by atoms with Crippen LogP contribution >= 0.6 is 0 Å². The van der Waals surface area contributed by atoms with Crippen LogP contribution in [-0.2, 0) is 0 Å². The molecule has 0 atom stereocenters. The van der Waals surface area contributed by atoms with Crippen LogP contribution in [0, 0.1) is 0 Å². The molecule has 0 saturated carbocycles. The van der Waals surface area contributed by atoms with Crippen LogP contribution < -0.4 is 0 Å². The molecule has 11 rings (SSSR count). The summed E-state index contributed by atoms with van der Waals surface area (Å²) < 4.78 is 6.73. The molecular weight excluding hydrogens is 647 g/mol. The highest BCUT2D eigenvalue weighted by atomic mass is 16.3. The molecule has 53 heavy (non-hydrogen) atoms. The van der Waals surface area contributed by atoms with Crippen molar-refractivity contribution in [1.29, 1.82) is 0 Å². The molecule has 9 aromatic carbocycles. The Labute approximate surface area is 304 Å². The summed E-state index contributed by atoms with van der Waals surface area (Å²) in [5.41, 5.74) is 6.69. The predicted octanol–water partition coefficient (Wildman–Crippen LogP) is 13.1. The van der Waals surface area contributed by atoms with Gasteiger partial charge in [-0.3, -0.25) is 0 Å². The van der Waals surface area contributed by atoms with Gasteiger partial charge in [-0.05, 0) is 79.0 Å². The van der Waals surface area contributed by atoms with E-state index in [0.29, 0.717) is 17.5 Å². The number of rotatable bonds is 4. The Bertz CT molecular complexity index is 3140. The van der Waals surface area contributed by atoms with E-state index in [4.69, 9.17) is 19.4 Å². The lowest BCUT2D eigenvalue weighted by molar-refractivity contribution is 0.671. The first-order chi connectivity index (χ1) is 26.2. The highest BCUT2D eigenvalue weighted by Crippen LogP contribution is 2.42. The van der Waals surface area contributed by atoms with Gasteiger partial charge in [0.05, 0.1) is 0 Å². The van der Waals surface area contributed by atoms with Crippen molar-refractivity contribution >= 4 is 65.0 Å². The summed E-state index contributed by atoms with van der Waals surface area (Å²) in [6, 6.07) is 61.7. The first-order valence-electron chi connectivity index (χ1n) is 17.8. The number of benzene rings is 9. The number of hydrogen-bond donors (Lipinski definition) is 0. The molecule has 2 heterocycles. The highest BCUT2D eigenvalue weighted by Gasteiger charge is 2.18. The SMILES string of the molecule is c1ccc2cc(-c3nc(-c4ccc(-c5cc6ccccc6c6c5oc5cc7ccccc7cc56)cc4)nc(-c4ccc5ccccc5c4)n3)ccc2c1. The van der Waals surface area contributed by atoms with Gasteiger partial charge in [0.15, 0.2) is 17.5 Å². The number of furan rings is 1. The first kappa shape index (κ1) is 29.5. The van der Waals surface area contributed by atoms with Crippen molar-refractivity contribution < 1.29 is 4.42 Å². The van der Waals surface area contributed by atoms with Crippen LogP contribution in [0.1, 0.15) is 0 Å². The molecule has 0 bridgehead atoms. The maximum Gasteiger partial charge on any atom is 0.164 e. The molecule has 0 aliphatic rings. The molecule has 4 nitrogen and oxygen atoms in total. The molecule has 0 N–H and O–H groups in total. The van der Waals surface area contributed by atoms with Crippen LogP contribution in [0.5, 0.6) is 0 Å². The zero-order valence-corrected chi connectivity index (χ0v) is 28.5. The fourth-order valence-electron chi connectivity index (χ4n) is 7.74. The van der Waals surface area contributed by atoms with Crippen LogP contribution in [0.3, 0.4) is 0 Å². The Morgan fingerprint density at radius 2 is 0.774 bits per heavy atom. The summed E-state index contributed by atoms with van der Waals surface area (Å²) in [7, 11) is 0. The average molecular weight is 676 g/mol. The number of hydrogen-bond acceptors (Lipinski definition) is 4. The Morgan fingerprint density at radius 3 is 1.38 bits per heavy atom. The van der Waals surface area contributed by atoms with Crippen molar-refractivity contribution in [3.05, 3.63) is 176 Å². The van der Waals surface area contributed by atoms with Gasteiger partial charge in [0, 0.05) is 33.0 Å². The van der Waals surface area contributed by atoms with Gasteiger partial charge >= 0.3 is 0 Å². The lowest BCUT2D eigenvalue weighted by atomic mass is 9.95. The normalized spacial score (nSPS) is 11.8. The third-order valence-corrected chi connectivity index (χ3v) is 10.4. The number of nitrogens with zero attached hydrogens (tertiary/aromatic N) is 3. The maximum absolute atomic E-state index is 6.73. The minimum Gasteiger partial charge on any atom is -0.455 e. The zero-order chi connectivity index (χ0) is 34.9. The van der Waals surface area contributed by atoms with Crippen molar-refractivity contribution in [1.82, 2.24) is 15.0 Å². The topological polar surface area (TPSA) is 51.8 Å². The van der Waals surface area contributed by atoms with E-state index in [2.05, 4.69) is 176 Å². The van der Waals surface area contributed by atoms with E-state index < -0.39 is 0 Å². The van der Waals surface area contributed by atoms with E-state index in [9.17, 15) is 0 Å². The van der Waals surface area contributed by atoms with Crippen molar-refractivity contribution in [3.63, 3.8) is 0 Å². The van der Waals surface area contributed by atoms with Crippen LogP contribution in [0.25, 0.3) is 110 Å². The standard InChI is InChI=1S/C49H29N3O/c1-3-11-34-25-39(23-17-30(34)9-1)48-50-47(51-49(52-48)40-24-18-31-10-2-4-12-35(31)26-40)33-21-19-32(20-22-33)42-28-38-15-7-8-16-41(38)45-43-27-36-13-5-6-14-37(36)29-44(43)53-46(42)45/h1-29H. The van der Waals surface area contributed by atoms with Gasteiger partial charge in [0.1, 0.15) is 11.2 Å². The molecule has 0 unspecified atom stereocenters. The van der Waals surface area contributed by atoms with Gasteiger partial charge in [-0.15, -0.1) is 0 Å². The van der Waals surface area contributed by atoms with E-state index in [1.165, 1.54) is 26.9 Å². The zero-order valence-electron chi connectivity index (χ0n) is 28.5. The van der Waals surface area contributed by atoms with Gasteiger partial charge in [-0.2, -0.15) is 0 Å². The van der Waals surface area contributed by atoms with E-state index in [1.54, 1.807) is 0 Å². The second-order valence-electron chi connectivity index (χ2n) is 13.7. The number of fused-ring (bicyclic) bond motifs is 8. The van der Waals surface area contributed by atoms with E-state index in [-0.39, 0.29) is 0 Å². The maximum atomic E-state index is 6.73. The van der Waals surface area contributed by atoms with Crippen LogP contribution in [0.4, 0.5) is 0 Å². The highest BCUT2D eigenvalue weighted by molar-refractivity contribution is 6.24. The molecule has 0 saturated heterocycles. The first-order valence-corrected chi connectivity index (χ1v) is 17.8. The van der Waals surface area contributed by atoms with Crippen LogP contribution in [0.2, 0.25) is 0 Å². The smallest absolute Gasteiger partial charge is 0.164 e. The van der Waals surface area contributed by atoms with Crippen molar-refractivity contribution in [3.8, 4) is 45.3 Å². The summed E-state index contributed by atoms with van der Waals surface area (Å²) in [5.74, 6) is 1.90. The lowest BCUT2D eigenvalue weighted by Crippen LogP contribution is -2.00. The van der Waals surface area contributed by atoms with E-state index >= 15 is 0 Å². The summed E-state index contributed by atoms with van der Waals surface area (Å²) in [6.45, 7) is 0. The van der Waals surface area contributed by atoms with Crippen LogP contribution in [0.15, 0.2) is 180 Å². The summed E-state index contributed by atoms with van der Waals surface area (Å²) in [5, 5.41) is 11.6. The average Bonchev–Trinajstić information content (AvgIpc) is 3.60. The summed E-state index contributed by atoms with van der Waals surface area (Å²) in [6.07, 6.45) is 0. The fraction of sp³-hybridized carbons (Fsp3) is 0. The molecule has 0 radical (unpaired) electrons. The van der Waals surface area contributed by atoms with E-state index in [1.807, 2.05) is 0 Å². The minimum absolute atomic E-state index is 0.622. The summed E-state index contributed by atoms with van der Waals surface area (Å²) in [4.78, 5) is 15.2. The Balaban J connectivity index is 1.07. The van der Waals surface area contributed by atoms with Crippen molar-refractivity contribution in [2.75, 3.05) is 0 Å². The summed E-state index contributed by atoms with van der Waals surface area (Å²) >= 11 is 0. The Morgan fingerprint density at radius 1 is 0.321 bits per heavy atom. The fourth-order valence-corrected chi connectivity index (χ4v) is 7.74. The predicted molar refractivity (Wildman–Crippen MR) is 219 cm³/mol. The quantitative estimate of drug-likeness (QED) is 0.186. The molecule has 0 amide bonds. The minimum atomic E-state index is 0.622. The molecule has 11 aromatic rings. The molecule has 0 aliphatic heterocycles. The molecule has 246 valence electrons. The second kappa shape index (κ2) is 11.7. The van der Waals surface area contributed by atoms with E-state index in [0.717, 1.165) is 65.9 Å². The van der Waals surface area contributed by atoms with Gasteiger partial charge < -0.3 is 4.42 Å². The molecule has 4 heteroatoms. The Kier molecular flexibility index (Phi) is 6.52. The van der Waals surface area contributed by atoms with Crippen molar-refractivity contribution in [2.45, 2.75) is 0 Å². The van der Waals surface area contributed by atoms with Gasteiger partial charge in [0.2, 0.25) is 0 Å². The molecule has 0 aliphatic carbocycles. The third kappa shape index (κ3) is 4.95.